The van der Waals surface area contributed by atoms with Gasteiger partial charge in [-0.1, -0.05) is 50.8 Å². The van der Waals surface area contributed by atoms with Crippen LogP contribution in [0.5, 0.6) is 0 Å². The maximum absolute atomic E-state index is 12.1. The average Bonchev–Trinajstić information content (AvgIpc) is 2.56. The molecule has 1 aromatic carbocycles. The number of nitrogens with one attached hydrogen (secondary N) is 1. The van der Waals surface area contributed by atoms with Crippen molar-refractivity contribution >= 4 is 12.0 Å². The predicted molar refractivity (Wildman–Crippen MR) is 106 cm³/mol. The van der Waals surface area contributed by atoms with Crippen molar-refractivity contribution in [1.29, 1.82) is 0 Å². The van der Waals surface area contributed by atoms with Crippen LogP contribution in [-0.4, -0.2) is 17.9 Å². The van der Waals surface area contributed by atoms with Gasteiger partial charge in [0.1, 0.15) is 0 Å². The highest BCUT2D eigenvalue weighted by Crippen LogP contribution is 2.27. The lowest BCUT2D eigenvalue weighted by Gasteiger charge is -2.29. The van der Waals surface area contributed by atoms with Crippen molar-refractivity contribution < 1.29 is 4.79 Å². The maximum Gasteiger partial charge on any atom is 0.253 e. The van der Waals surface area contributed by atoms with Crippen LogP contribution in [0.2, 0.25) is 0 Å². The number of amides is 1. The molecular formula is C22H28N2O. The predicted octanol–water partition coefficient (Wildman–Crippen LogP) is 4.57. The lowest BCUT2D eigenvalue weighted by molar-refractivity contribution is -0.116. The van der Waals surface area contributed by atoms with Crippen molar-refractivity contribution in [2.24, 2.45) is 5.92 Å². The Labute approximate surface area is 151 Å². The van der Waals surface area contributed by atoms with E-state index in [-0.39, 0.29) is 5.91 Å². The number of aryl methyl sites for hydroxylation is 1. The summed E-state index contributed by atoms with van der Waals surface area (Å²) in [5, 5.41) is 2.69. The molecular weight excluding hydrogens is 308 g/mol. The second kappa shape index (κ2) is 8.02. The van der Waals surface area contributed by atoms with Gasteiger partial charge in [0.25, 0.3) is 5.91 Å². The zero-order valence-corrected chi connectivity index (χ0v) is 15.9. The van der Waals surface area contributed by atoms with E-state index >= 15 is 0 Å². The summed E-state index contributed by atoms with van der Waals surface area (Å²) in [6, 6.07) is 6.35. The van der Waals surface area contributed by atoms with E-state index in [9.17, 15) is 4.79 Å². The summed E-state index contributed by atoms with van der Waals surface area (Å²) in [5.74, 6) is 0.397. The molecule has 132 valence electrons. The normalized spacial score (nSPS) is 14.8. The fourth-order valence-corrected chi connectivity index (χ4v) is 2.89. The van der Waals surface area contributed by atoms with Crippen LogP contribution >= 0.6 is 0 Å². The lowest BCUT2D eigenvalue weighted by Crippen LogP contribution is -2.29. The van der Waals surface area contributed by atoms with E-state index in [1.807, 2.05) is 19.2 Å². The molecule has 0 saturated carbocycles. The molecule has 1 heterocycles. The van der Waals surface area contributed by atoms with Gasteiger partial charge in [0.05, 0.1) is 5.57 Å². The Hall–Kier alpha value is -2.55. The Morgan fingerprint density at radius 2 is 2.04 bits per heavy atom. The number of allylic oxidation sites excluding steroid dienone is 3. The molecule has 0 unspecified atom stereocenters. The molecule has 0 radical (unpaired) electrons. The van der Waals surface area contributed by atoms with Gasteiger partial charge in [0.2, 0.25) is 0 Å². The van der Waals surface area contributed by atoms with E-state index < -0.39 is 0 Å². The van der Waals surface area contributed by atoms with Crippen molar-refractivity contribution in [2.75, 3.05) is 7.05 Å². The summed E-state index contributed by atoms with van der Waals surface area (Å²) < 4.78 is 0. The second-order valence-corrected chi connectivity index (χ2v) is 6.84. The summed E-state index contributed by atoms with van der Waals surface area (Å²) in [6.07, 6.45) is 8.35. The summed E-state index contributed by atoms with van der Waals surface area (Å²) in [5.41, 5.74) is 6.10. The highest BCUT2D eigenvalue weighted by atomic mass is 16.1. The van der Waals surface area contributed by atoms with Crippen LogP contribution in [-0.2, 0) is 11.3 Å². The molecule has 0 fully saturated rings. The zero-order chi connectivity index (χ0) is 18.6. The third-order valence-corrected chi connectivity index (χ3v) is 4.26. The van der Waals surface area contributed by atoms with Crippen LogP contribution in [0, 0.1) is 12.8 Å². The van der Waals surface area contributed by atoms with E-state index in [2.05, 4.69) is 67.9 Å². The molecule has 3 nitrogen and oxygen atoms in total. The highest BCUT2D eigenvalue weighted by Gasteiger charge is 2.21. The number of carbonyl (C=O) groups excluding carboxylic acids is 1. The monoisotopic (exact) mass is 336 g/mol. The minimum atomic E-state index is -0.105. The molecule has 25 heavy (non-hydrogen) atoms. The first kappa shape index (κ1) is 18.8. The number of carbonyl (C=O) groups is 1. The molecule has 0 aliphatic carbocycles. The fourth-order valence-electron chi connectivity index (χ4n) is 2.89. The zero-order valence-electron chi connectivity index (χ0n) is 15.9. The summed E-state index contributed by atoms with van der Waals surface area (Å²) in [6.45, 7) is 13.3. The third kappa shape index (κ3) is 4.50. The summed E-state index contributed by atoms with van der Waals surface area (Å²) in [7, 11) is 1.64. The minimum Gasteiger partial charge on any atom is -0.355 e. The largest absolute Gasteiger partial charge is 0.355 e. The molecule has 3 heteroatoms. The molecule has 0 aromatic heterocycles. The van der Waals surface area contributed by atoms with Gasteiger partial charge >= 0.3 is 0 Å². The van der Waals surface area contributed by atoms with Crippen molar-refractivity contribution in [1.82, 2.24) is 10.2 Å². The van der Waals surface area contributed by atoms with Crippen molar-refractivity contribution in [3.05, 3.63) is 76.7 Å². The van der Waals surface area contributed by atoms with Crippen LogP contribution in [0.3, 0.4) is 0 Å². The molecule has 1 amide bonds. The Morgan fingerprint density at radius 1 is 1.32 bits per heavy atom. The summed E-state index contributed by atoms with van der Waals surface area (Å²) >= 11 is 0. The quantitative estimate of drug-likeness (QED) is 0.854. The topological polar surface area (TPSA) is 32.3 Å². The van der Waals surface area contributed by atoms with Gasteiger partial charge in [-0.3, -0.25) is 4.79 Å². The van der Waals surface area contributed by atoms with E-state index in [4.69, 9.17) is 0 Å². The van der Waals surface area contributed by atoms with E-state index in [1.54, 1.807) is 7.05 Å². The Morgan fingerprint density at radius 3 is 2.68 bits per heavy atom. The van der Waals surface area contributed by atoms with Crippen molar-refractivity contribution in [3.8, 4) is 0 Å². The first-order valence-electron chi connectivity index (χ1n) is 8.68. The Balaban J connectivity index is 2.34. The first-order valence-corrected chi connectivity index (χ1v) is 8.68. The number of nitrogens with zero attached hydrogens (tertiary/aromatic N) is 1. The molecule has 0 bridgehead atoms. The van der Waals surface area contributed by atoms with Crippen molar-refractivity contribution in [2.45, 2.75) is 34.2 Å². The van der Waals surface area contributed by atoms with Gasteiger partial charge in [-0.15, -0.1) is 0 Å². The van der Waals surface area contributed by atoms with Crippen LogP contribution in [0.25, 0.3) is 6.08 Å². The SMILES string of the molecule is C=C1C(C(=O)NC)=CC(C)=CN1Cc1cccc(C)c1/C=C\C(C)C. The molecule has 1 aromatic rings. The summed E-state index contributed by atoms with van der Waals surface area (Å²) in [4.78, 5) is 14.2. The van der Waals surface area contributed by atoms with Gasteiger partial charge in [-0.05, 0) is 48.1 Å². The van der Waals surface area contributed by atoms with Gasteiger partial charge in [-0.2, -0.15) is 0 Å². The van der Waals surface area contributed by atoms with Gasteiger partial charge < -0.3 is 10.2 Å². The van der Waals surface area contributed by atoms with Crippen LogP contribution in [0.15, 0.2) is 60.0 Å². The Kier molecular flexibility index (Phi) is 6.02. The molecule has 0 atom stereocenters. The van der Waals surface area contributed by atoms with Gasteiger partial charge in [-0.25, -0.2) is 0 Å². The fraction of sp³-hybridized carbons (Fsp3) is 0.318. The molecule has 0 spiro atoms. The molecule has 2 rings (SSSR count). The lowest BCUT2D eigenvalue weighted by atomic mass is 9.98. The number of likely N-dealkylation sites (N-methyl/N-ethyl adjacent to an activating group) is 1. The average molecular weight is 336 g/mol. The smallest absolute Gasteiger partial charge is 0.253 e. The number of hydrogen-bond donors (Lipinski definition) is 1. The van der Waals surface area contributed by atoms with Gasteiger partial charge in [0, 0.05) is 25.5 Å². The third-order valence-electron chi connectivity index (χ3n) is 4.26. The van der Waals surface area contributed by atoms with Gasteiger partial charge in [0.15, 0.2) is 0 Å². The second-order valence-electron chi connectivity index (χ2n) is 6.84. The van der Waals surface area contributed by atoms with Crippen LogP contribution in [0.1, 0.15) is 37.5 Å². The van der Waals surface area contributed by atoms with E-state index in [0.717, 1.165) is 11.3 Å². The maximum atomic E-state index is 12.1. The highest BCUT2D eigenvalue weighted by molar-refractivity contribution is 5.98. The van der Waals surface area contributed by atoms with Crippen LogP contribution in [0.4, 0.5) is 0 Å². The molecule has 1 aliphatic heterocycles. The van der Waals surface area contributed by atoms with E-state index in [1.165, 1.54) is 16.7 Å². The van der Waals surface area contributed by atoms with Crippen molar-refractivity contribution in [3.63, 3.8) is 0 Å². The number of rotatable bonds is 5. The molecule has 1 aliphatic rings. The van der Waals surface area contributed by atoms with E-state index in [0.29, 0.717) is 18.0 Å². The minimum absolute atomic E-state index is 0.105. The standard InChI is InChI=1S/C22H28N2O/c1-15(2)10-11-20-17(4)8-7-9-19(20)14-24-13-16(3)12-21(18(24)5)22(25)23-6/h7-13,15H,5,14H2,1-4,6H3,(H,23,25)/b11-10-. The van der Waals surface area contributed by atoms with Crippen LogP contribution < -0.4 is 5.32 Å². The molecule has 0 saturated heterocycles. The number of hydrogen-bond acceptors (Lipinski definition) is 2. The Bertz CT molecular complexity index is 766. The first-order chi connectivity index (χ1) is 11.8. The number of benzene rings is 1. The molecule has 1 N–H and O–H groups in total.